The lowest BCUT2D eigenvalue weighted by Crippen LogP contribution is -2.22. The van der Waals surface area contributed by atoms with Crippen molar-refractivity contribution in [3.8, 4) is 5.75 Å². The summed E-state index contributed by atoms with van der Waals surface area (Å²) in [6, 6.07) is 13.9. The summed E-state index contributed by atoms with van der Waals surface area (Å²) in [5, 5.41) is 7.15. The molecule has 0 unspecified atom stereocenters. The highest BCUT2D eigenvalue weighted by atomic mass is 35.5. The topological polar surface area (TPSA) is 89.0 Å². The van der Waals surface area contributed by atoms with Gasteiger partial charge in [-0.3, -0.25) is 4.79 Å². The Balaban J connectivity index is 1.73. The molecule has 2 amide bonds. The van der Waals surface area contributed by atoms with Crippen molar-refractivity contribution in [2.24, 2.45) is 5.10 Å². The third-order valence-electron chi connectivity index (χ3n) is 3.41. The number of hydrazone groups is 1. The van der Waals surface area contributed by atoms with E-state index >= 15 is 0 Å². The molecule has 0 aliphatic carbocycles. The molecule has 0 saturated heterocycles. The van der Waals surface area contributed by atoms with E-state index in [1.165, 1.54) is 0 Å². The second-order valence-electron chi connectivity index (χ2n) is 5.61. The van der Waals surface area contributed by atoms with Gasteiger partial charge in [0, 0.05) is 16.4 Å². The number of hydrogen-bond acceptors (Lipinski definition) is 5. The van der Waals surface area contributed by atoms with E-state index in [1.807, 2.05) is 0 Å². The number of anilines is 1. The first-order chi connectivity index (χ1) is 13.0. The molecule has 2 rings (SSSR count). The van der Waals surface area contributed by atoms with Gasteiger partial charge in [0.05, 0.1) is 13.5 Å². The van der Waals surface area contributed by atoms with Crippen LogP contribution in [0.15, 0.2) is 53.6 Å². The van der Waals surface area contributed by atoms with E-state index in [0.717, 1.165) is 11.3 Å². The van der Waals surface area contributed by atoms with E-state index in [9.17, 15) is 9.59 Å². The number of nitrogens with one attached hydrogen (secondary N) is 2. The second kappa shape index (κ2) is 10.2. The zero-order valence-electron chi connectivity index (χ0n) is 15.0. The minimum Gasteiger partial charge on any atom is -0.497 e. The third kappa shape index (κ3) is 7.37. The Morgan fingerprint density at radius 1 is 1.07 bits per heavy atom. The van der Waals surface area contributed by atoms with E-state index in [0.29, 0.717) is 16.4 Å². The first kappa shape index (κ1) is 20.3. The molecule has 142 valence electrons. The van der Waals surface area contributed by atoms with Crippen LogP contribution in [0.4, 0.5) is 10.5 Å². The summed E-state index contributed by atoms with van der Waals surface area (Å²) < 4.78 is 10.1. The summed E-state index contributed by atoms with van der Waals surface area (Å²) in [5.41, 5.74) is 4.13. The molecular formula is C19H20ClN3O4. The fourth-order valence-corrected chi connectivity index (χ4v) is 2.18. The van der Waals surface area contributed by atoms with Crippen LogP contribution in [0.5, 0.6) is 5.75 Å². The molecule has 0 aliphatic heterocycles. The SMILES string of the molecule is COc1ccc(COC(=O)N/N=C(/C)CC(=O)Nc2ccc(Cl)cc2)cc1. The number of rotatable bonds is 7. The molecule has 0 aliphatic rings. The van der Waals surface area contributed by atoms with Gasteiger partial charge in [-0.25, -0.2) is 10.2 Å². The zero-order valence-corrected chi connectivity index (χ0v) is 15.7. The van der Waals surface area contributed by atoms with Gasteiger partial charge in [0.15, 0.2) is 0 Å². The maximum atomic E-state index is 11.9. The lowest BCUT2D eigenvalue weighted by atomic mass is 10.2. The Hall–Kier alpha value is -3.06. The predicted octanol–water partition coefficient (Wildman–Crippen LogP) is 3.98. The summed E-state index contributed by atoms with van der Waals surface area (Å²) in [4.78, 5) is 23.6. The molecule has 0 bridgehead atoms. The number of amides is 2. The molecule has 0 heterocycles. The average Bonchev–Trinajstić information content (AvgIpc) is 2.67. The van der Waals surface area contributed by atoms with Crippen molar-refractivity contribution >= 4 is 35.0 Å². The summed E-state index contributed by atoms with van der Waals surface area (Å²) in [7, 11) is 1.58. The number of methoxy groups -OCH3 is 1. The zero-order chi connectivity index (χ0) is 19.6. The molecule has 2 N–H and O–H groups in total. The fraction of sp³-hybridized carbons (Fsp3) is 0.211. The predicted molar refractivity (Wildman–Crippen MR) is 104 cm³/mol. The molecule has 27 heavy (non-hydrogen) atoms. The van der Waals surface area contributed by atoms with Crippen LogP contribution in [0, 0.1) is 0 Å². The Morgan fingerprint density at radius 3 is 2.37 bits per heavy atom. The lowest BCUT2D eigenvalue weighted by Gasteiger charge is -2.07. The van der Waals surface area contributed by atoms with E-state index in [2.05, 4.69) is 15.8 Å². The lowest BCUT2D eigenvalue weighted by molar-refractivity contribution is -0.115. The molecule has 0 saturated carbocycles. The smallest absolute Gasteiger partial charge is 0.428 e. The molecule has 0 radical (unpaired) electrons. The van der Waals surface area contributed by atoms with Crippen molar-refractivity contribution in [3.63, 3.8) is 0 Å². The first-order valence-electron chi connectivity index (χ1n) is 8.10. The molecule has 8 heteroatoms. The molecule has 0 spiro atoms. The standard InChI is InChI=1S/C19H20ClN3O4/c1-13(11-18(24)21-16-7-5-15(20)6-8-16)22-23-19(25)27-12-14-3-9-17(26-2)10-4-14/h3-10H,11-12H2,1-2H3,(H,21,24)(H,23,25)/b22-13-. The van der Waals surface area contributed by atoms with Gasteiger partial charge in [-0.05, 0) is 48.9 Å². The van der Waals surface area contributed by atoms with Gasteiger partial charge in [-0.2, -0.15) is 5.10 Å². The van der Waals surface area contributed by atoms with E-state index in [1.54, 1.807) is 62.6 Å². The maximum Gasteiger partial charge on any atom is 0.428 e. The van der Waals surface area contributed by atoms with Crippen molar-refractivity contribution in [2.45, 2.75) is 20.0 Å². The Morgan fingerprint density at radius 2 is 1.74 bits per heavy atom. The molecule has 7 nitrogen and oxygen atoms in total. The van der Waals surface area contributed by atoms with Crippen LogP contribution in [0.25, 0.3) is 0 Å². The second-order valence-corrected chi connectivity index (χ2v) is 6.05. The number of carbonyl (C=O) groups is 2. The van der Waals surface area contributed by atoms with Crippen LogP contribution in [-0.2, 0) is 16.1 Å². The van der Waals surface area contributed by atoms with Crippen LogP contribution in [0.3, 0.4) is 0 Å². The number of hydrogen-bond donors (Lipinski definition) is 2. The highest BCUT2D eigenvalue weighted by Gasteiger charge is 2.06. The van der Waals surface area contributed by atoms with Crippen LogP contribution < -0.4 is 15.5 Å². The summed E-state index contributed by atoms with van der Waals surface area (Å²) in [6.45, 7) is 1.73. The van der Waals surface area contributed by atoms with Crippen molar-refractivity contribution in [1.29, 1.82) is 0 Å². The minimum absolute atomic E-state index is 0.0292. The van der Waals surface area contributed by atoms with Gasteiger partial charge < -0.3 is 14.8 Å². The molecule has 2 aromatic rings. The molecular weight excluding hydrogens is 370 g/mol. The van der Waals surface area contributed by atoms with Crippen molar-refractivity contribution in [2.75, 3.05) is 12.4 Å². The number of benzene rings is 2. The summed E-state index contributed by atoms with van der Waals surface area (Å²) >= 11 is 5.79. The fourth-order valence-electron chi connectivity index (χ4n) is 2.05. The van der Waals surface area contributed by atoms with Crippen molar-refractivity contribution in [3.05, 3.63) is 59.1 Å². The molecule has 0 fully saturated rings. The Bertz CT molecular complexity index is 805. The molecule has 2 aromatic carbocycles. The number of carbonyl (C=O) groups excluding carboxylic acids is 2. The normalized spacial score (nSPS) is 10.9. The highest BCUT2D eigenvalue weighted by Crippen LogP contribution is 2.14. The van der Waals surface area contributed by atoms with Gasteiger partial charge in [0.2, 0.25) is 5.91 Å². The quantitative estimate of drug-likeness (QED) is 0.553. The van der Waals surface area contributed by atoms with Crippen LogP contribution in [0.2, 0.25) is 5.02 Å². The van der Waals surface area contributed by atoms with Crippen LogP contribution in [-0.4, -0.2) is 24.8 Å². The van der Waals surface area contributed by atoms with Crippen LogP contribution >= 0.6 is 11.6 Å². The van der Waals surface area contributed by atoms with Gasteiger partial charge in [-0.1, -0.05) is 23.7 Å². The number of halogens is 1. The van der Waals surface area contributed by atoms with Gasteiger partial charge in [0.25, 0.3) is 0 Å². The van der Waals surface area contributed by atoms with Gasteiger partial charge >= 0.3 is 6.09 Å². The first-order valence-corrected chi connectivity index (χ1v) is 8.48. The molecule has 0 atom stereocenters. The van der Waals surface area contributed by atoms with E-state index < -0.39 is 6.09 Å². The minimum atomic E-state index is -0.705. The largest absolute Gasteiger partial charge is 0.497 e. The Kier molecular flexibility index (Phi) is 7.63. The Labute approximate surface area is 162 Å². The van der Waals surface area contributed by atoms with Crippen LogP contribution in [0.1, 0.15) is 18.9 Å². The monoisotopic (exact) mass is 389 g/mol. The van der Waals surface area contributed by atoms with E-state index in [4.69, 9.17) is 21.1 Å². The summed E-state index contributed by atoms with van der Waals surface area (Å²) in [5.74, 6) is 0.465. The van der Waals surface area contributed by atoms with Crippen molar-refractivity contribution in [1.82, 2.24) is 5.43 Å². The highest BCUT2D eigenvalue weighted by molar-refractivity contribution is 6.30. The maximum absolute atomic E-state index is 11.9. The third-order valence-corrected chi connectivity index (χ3v) is 3.66. The summed E-state index contributed by atoms with van der Waals surface area (Å²) in [6.07, 6.45) is -0.676. The van der Waals surface area contributed by atoms with Gasteiger partial charge in [-0.15, -0.1) is 0 Å². The average molecular weight is 390 g/mol. The van der Waals surface area contributed by atoms with E-state index in [-0.39, 0.29) is 18.9 Å². The number of ether oxygens (including phenoxy) is 2. The number of nitrogens with zero attached hydrogens (tertiary/aromatic N) is 1. The molecule has 0 aromatic heterocycles. The van der Waals surface area contributed by atoms with Gasteiger partial charge in [0.1, 0.15) is 12.4 Å². The van der Waals surface area contributed by atoms with Crippen molar-refractivity contribution < 1.29 is 19.1 Å².